The smallest absolute Gasteiger partial charge is 0.304 e. The molecule has 0 radical (unpaired) electrons. The molecule has 4 nitrogen and oxygen atoms in total. The summed E-state index contributed by atoms with van der Waals surface area (Å²) in [5, 5.41) is 11.5. The van der Waals surface area contributed by atoms with Crippen LogP contribution in [0.25, 0.3) is 0 Å². The zero-order valence-corrected chi connectivity index (χ0v) is 8.36. The number of rotatable bonds is 6. The van der Waals surface area contributed by atoms with Crippen LogP contribution in [-0.4, -0.2) is 22.2 Å². The number of aromatic nitrogens is 1. The molecule has 2 N–H and O–H groups in total. The maximum Gasteiger partial charge on any atom is 0.304 e. The van der Waals surface area contributed by atoms with Gasteiger partial charge in [0.1, 0.15) is 0 Å². The Balaban J connectivity index is 2.27. The van der Waals surface area contributed by atoms with Crippen LogP contribution in [0.5, 0.6) is 0 Å². The zero-order valence-electron chi connectivity index (χ0n) is 8.36. The molecule has 1 heterocycles. The third kappa shape index (κ3) is 3.22. The first-order valence-corrected chi connectivity index (χ1v) is 4.80. The lowest BCUT2D eigenvalue weighted by Gasteiger charge is -2.06. The van der Waals surface area contributed by atoms with Gasteiger partial charge in [0.05, 0.1) is 6.42 Å². The summed E-state index contributed by atoms with van der Waals surface area (Å²) in [6, 6.07) is 4.04. The largest absolute Gasteiger partial charge is 0.481 e. The van der Waals surface area contributed by atoms with E-state index in [0.717, 1.165) is 13.1 Å². The van der Waals surface area contributed by atoms with Gasteiger partial charge in [-0.25, -0.2) is 0 Å². The Kier molecular flexibility index (Phi) is 4.19. The SMILES string of the molecule is CCn1cccc1CNCCC(=O)O. The average Bonchev–Trinajstić information content (AvgIpc) is 2.59. The molecule has 0 aliphatic rings. The molecule has 14 heavy (non-hydrogen) atoms. The molecule has 0 saturated carbocycles. The lowest BCUT2D eigenvalue weighted by Crippen LogP contribution is -2.19. The van der Waals surface area contributed by atoms with E-state index in [0.29, 0.717) is 6.54 Å². The second kappa shape index (κ2) is 5.44. The first-order chi connectivity index (χ1) is 6.74. The van der Waals surface area contributed by atoms with Gasteiger partial charge in [0, 0.05) is 31.5 Å². The maximum atomic E-state index is 10.2. The number of hydrogen-bond acceptors (Lipinski definition) is 2. The first-order valence-electron chi connectivity index (χ1n) is 4.80. The van der Waals surface area contributed by atoms with Gasteiger partial charge in [-0.2, -0.15) is 0 Å². The molecule has 0 aromatic carbocycles. The molecule has 0 unspecified atom stereocenters. The minimum Gasteiger partial charge on any atom is -0.481 e. The van der Waals surface area contributed by atoms with Crippen LogP contribution in [0.4, 0.5) is 0 Å². The van der Waals surface area contributed by atoms with Gasteiger partial charge >= 0.3 is 5.97 Å². The van der Waals surface area contributed by atoms with Gasteiger partial charge in [-0.05, 0) is 19.1 Å². The Morgan fingerprint density at radius 1 is 1.64 bits per heavy atom. The number of carbonyl (C=O) groups is 1. The van der Waals surface area contributed by atoms with Crippen molar-refractivity contribution in [3.8, 4) is 0 Å². The van der Waals surface area contributed by atoms with Crippen molar-refractivity contribution in [3.05, 3.63) is 24.0 Å². The number of carboxylic acid groups (broad SMARTS) is 1. The molecule has 0 fully saturated rings. The third-order valence-corrected chi connectivity index (χ3v) is 2.09. The van der Waals surface area contributed by atoms with Gasteiger partial charge in [0.15, 0.2) is 0 Å². The number of carboxylic acids is 1. The number of aryl methyl sites for hydroxylation is 1. The summed E-state index contributed by atoms with van der Waals surface area (Å²) in [6.07, 6.45) is 2.20. The van der Waals surface area contributed by atoms with Gasteiger partial charge in [-0.3, -0.25) is 4.79 Å². The molecule has 78 valence electrons. The predicted molar refractivity (Wildman–Crippen MR) is 54.1 cm³/mol. The van der Waals surface area contributed by atoms with E-state index < -0.39 is 5.97 Å². The molecule has 0 spiro atoms. The Labute approximate surface area is 83.5 Å². The molecule has 0 amide bonds. The fraction of sp³-hybridized carbons (Fsp3) is 0.500. The van der Waals surface area contributed by atoms with E-state index in [-0.39, 0.29) is 6.42 Å². The van der Waals surface area contributed by atoms with Crippen molar-refractivity contribution in [2.45, 2.75) is 26.4 Å². The number of nitrogens with zero attached hydrogens (tertiary/aromatic N) is 1. The second-order valence-corrected chi connectivity index (χ2v) is 3.11. The van der Waals surface area contributed by atoms with Crippen LogP contribution in [0.3, 0.4) is 0 Å². The molecule has 1 aromatic heterocycles. The van der Waals surface area contributed by atoms with Crippen LogP contribution in [0.1, 0.15) is 19.0 Å². The highest BCUT2D eigenvalue weighted by Crippen LogP contribution is 2.01. The second-order valence-electron chi connectivity index (χ2n) is 3.11. The van der Waals surface area contributed by atoms with E-state index in [1.807, 2.05) is 18.3 Å². The molecule has 0 aliphatic carbocycles. The van der Waals surface area contributed by atoms with Crippen LogP contribution in [-0.2, 0) is 17.9 Å². The van der Waals surface area contributed by atoms with E-state index >= 15 is 0 Å². The lowest BCUT2D eigenvalue weighted by molar-refractivity contribution is -0.136. The maximum absolute atomic E-state index is 10.2. The lowest BCUT2D eigenvalue weighted by atomic mass is 10.4. The quantitative estimate of drug-likeness (QED) is 0.669. The van der Waals surface area contributed by atoms with Gasteiger partial charge in [0.25, 0.3) is 0 Å². The van der Waals surface area contributed by atoms with Crippen molar-refractivity contribution < 1.29 is 9.90 Å². The van der Waals surface area contributed by atoms with E-state index in [4.69, 9.17) is 5.11 Å². The van der Waals surface area contributed by atoms with Crippen molar-refractivity contribution >= 4 is 5.97 Å². The van der Waals surface area contributed by atoms with Crippen molar-refractivity contribution in [2.24, 2.45) is 0 Å². The number of nitrogens with one attached hydrogen (secondary N) is 1. The number of hydrogen-bond donors (Lipinski definition) is 2. The summed E-state index contributed by atoms with van der Waals surface area (Å²) in [5.41, 5.74) is 1.19. The molecule has 0 atom stereocenters. The Morgan fingerprint density at radius 2 is 2.43 bits per heavy atom. The average molecular weight is 196 g/mol. The zero-order chi connectivity index (χ0) is 10.4. The molecule has 4 heteroatoms. The van der Waals surface area contributed by atoms with E-state index in [1.54, 1.807) is 0 Å². The van der Waals surface area contributed by atoms with E-state index in [9.17, 15) is 4.79 Å². The highest BCUT2D eigenvalue weighted by molar-refractivity contribution is 5.66. The van der Waals surface area contributed by atoms with Crippen LogP contribution in [0, 0.1) is 0 Å². The molecular formula is C10H16N2O2. The van der Waals surface area contributed by atoms with E-state index in [1.165, 1.54) is 5.69 Å². The van der Waals surface area contributed by atoms with Crippen LogP contribution >= 0.6 is 0 Å². The molecule has 1 aromatic rings. The van der Waals surface area contributed by atoms with Crippen LogP contribution < -0.4 is 5.32 Å². The van der Waals surface area contributed by atoms with Gasteiger partial charge < -0.3 is 15.0 Å². The van der Waals surface area contributed by atoms with Gasteiger partial charge in [0.2, 0.25) is 0 Å². The van der Waals surface area contributed by atoms with Crippen LogP contribution in [0.15, 0.2) is 18.3 Å². The standard InChI is InChI=1S/C10H16N2O2/c1-2-12-7-3-4-9(12)8-11-6-5-10(13)14/h3-4,7,11H,2,5-6,8H2,1H3,(H,13,14). The summed E-state index contributed by atoms with van der Waals surface area (Å²) in [5.74, 6) is -0.761. The highest BCUT2D eigenvalue weighted by Gasteiger charge is 1.99. The topological polar surface area (TPSA) is 54.3 Å². The first kappa shape index (κ1) is 10.8. The molecular weight excluding hydrogens is 180 g/mol. The summed E-state index contributed by atoms with van der Waals surface area (Å²) < 4.78 is 2.13. The van der Waals surface area contributed by atoms with Crippen molar-refractivity contribution in [3.63, 3.8) is 0 Å². The van der Waals surface area contributed by atoms with Crippen molar-refractivity contribution in [1.82, 2.24) is 9.88 Å². The normalized spacial score (nSPS) is 10.4. The van der Waals surface area contributed by atoms with Crippen molar-refractivity contribution in [1.29, 1.82) is 0 Å². The number of aliphatic carboxylic acids is 1. The fourth-order valence-electron chi connectivity index (χ4n) is 1.33. The minimum atomic E-state index is -0.761. The summed E-state index contributed by atoms with van der Waals surface area (Å²) in [7, 11) is 0. The molecule has 1 rings (SSSR count). The Morgan fingerprint density at radius 3 is 3.07 bits per heavy atom. The summed E-state index contributed by atoms with van der Waals surface area (Å²) >= 11 is 0. The van der Waals surface area contributed by atoms with Crippen LogP contribution in [0.2, 0.25) is 0 Å². The van der Waals surface area contributed by atoms with E-state index in [2.05, 4.69) is 16.8 Å². The van der Waals surface area contributed by atoms with Gasteiger partial charge in [-0.15, -0.1) is 0 Å². The third-order valence-electron chi connectivity index (χ3n) is 2.09. The molecule has 0 saturated heterocycles. The monoisotopic (exact) mass is 196 g/mol. The van der Waals surface area contributed by atoms with Crippen molar-refractivity contribution in [2.75, 3.05) is 6.54 Å². The minimum absolute atomic E-state index is 0.173. The molecule has 0 aliphatic heterocycles. The summed E-state index contributed by atoms with van der Waals surface area (Å²) in [4.78, 5) is 10.2. The Hall–Kier alpha value is -1.29. The fourth-order valence-corrected chi connectivity index (χ4v) is 1.33. The summed E-state index contributed by atoms with van der Waals surface area (Å²) in [6.45, 7) is 4.28. The molecule has 0 bridgehead atoms. The Bertz CT molecular complexity index is 294. The predicted octanol–water partition coefficient (Wildman–Crippen LogP) is 1.07. The van der Waals surface area contributed by atoms with Gasteiger partial charge in [-0.1, -0.05) is 0 Å². The highest BCUT2D eigenvalue weighted by atomic mass is 16.4.